The number of hydrogen-bond donors (Lipinski definition) is 2. The molecule has 1 aromatic rings. The van der Waals surface area contributed by atoms with Gasteiger partial charge in [0.05, 0.1) is 11.6 Å². The molecule has 7 heteroatoms. The summed E-state index contributed by atoms with van der Waals surface area (Å²) in [5.74, 6) is 0.918. The molecule has 0 bridgehead atoms. The molecule has 142 valence electrons. The molecule has 2 heterocycles. The number of piperazine rings is 1. The lowest BCUT2D eigenvalue weighted by Crippen LogP contribution is -2.47. The van der Waals surface area contributed by atoms with Gasteiger partial charge in [0, 0.05) is 63.3 Å². The van der Waals surface area contributed by atoms with Crippen molar-refractivity contribution in [3.63, 3.8) is 0 Å². The van der Waals surface area contributed by atoms with Crippen LogP contribution in [0.15, 0.2) is 11.2 Å². The maximum absolute atomic E-state index is 4.72. The molecule has 0 amide bonds. The second-order valence-electron chi connectivity index (χ2n) is 6.29. The maximum Gasteiger partial charge on any atom is 0.191 e. The summed E-state index contributed by atoms with van der Waals surface area (Å²) in [4.78, 5) is 15.6. The van der Waals surface area contributed by atoms with Crippen molar-refractivity contribution < 1.29 is 0 Å². The summed E-state index contributed by atoms with van der Waals surface area (Å²) < 4.78 is 0. The van der Waals surface area contributed by atoms with Crippen molar-refractivity contribution in [1.82, 2.24) is 25.4 Å². The Balaban J connectivity index is 1.68. The van der Waals surface area contributed by atoms with Crippen molar-refractivity contribution in [2.75, 3.05) is 58.9 Å². The summed E-state index contributed by atoms with van der Waals surface area (Å²) in [5.41, 5.74) is 0. The van der Waals surface area contributed by atoms with Crippen LogP contribution >= 0.6 is 11.3 Å². The number of nitrogens with zero attached hydrogens (tertiary/aromatic N) is 4. The Morgan fingerprint density at radius 2 is 1.92 bits per heavy atom. The van der Waals surface area contributed by atoms with Gasteiger partial charge in [-0.3, -0.25) is 9.89 Å². The third kappa shape index (κ3) is 7.30. The van der Waals surface area contributed by atoms with Crippen LogP contribution in [0.5, 0.6) is 0 Å². The summed E-state index contributed by atoms with van der Waals surface area (Å²) >= 11 is 1.81. The lowest BCUT2D eigenvalue weighted by molar-refractivity contribution is 0.140. The minimum Gasteiger partial charge on any atom is -0.357 e. The van der Waals surface area contributed by atoms with E-state index in [0.717, 1.165) is 58.1 Å². The van der Waals surface area contributed by atoms with E-state index >= 15 is 0 Å². The monoisotopic (exact) mass is 366 g/mol. The molecule has 1 aliphatic heterocycles. The molecule has 1 saturated heterocycles. The highest BCUT2D eigenvalue weighted by atomic mass is 32.1. The van der Waals surface area contributed by atoms with E-state index in [2.05, 4.69) is 46.2 Å². The highest BCUT2D eigenvalue weighted by Crippen LogP contribution is 2.13. The minimum atomic E-state index is 0.846. The molecule has 2 N–H and O–H groups in total. The van der Waals surface area contributed by atoms with Crippen LogP contribution in [0.3, 0.4) is 0 Å². The van der Waals surface area contributed by atoms with Crippen LogP contribution in [-0.4, -0.2) is 79.6 Å². The van der Waals surface area contributed by atoms with Gasteiger partial charge in [0.15, 0.2) is 5.96 Å². The third-order valence-electron chi connectivity index (χ3n) is 4.52. The van der Waals surface area contributed by atoms with Crippen molar-refractivity contribution in [3.8, 4) is 0 Å². The lowest BCUT2D eigenvalue weighted by atomic mass is 10.3. The van der Waals surface area contributed by atoms with Crippen LogP contribution in [0, 0.1) is 0 Å². The fourth-order valence-electron chi connectivity index (χ4n) is 2.89. The van der Waals surface area contributed by atoms with E-state index in [1.54, 1.807) is 0 Å². The van der Waals surface area contributed by atoms with E-state index < -0.39 is 0 Å². The number of aromatic nitrogens is 1. The summed E-state index contributed by atoms with van der Waals surface area (Å²) in [6.07, 6.45) is 4.02. The van der Waals surface area contributed by atoms with Gasteiger partial charge in [-0.15, -0.1) is 11.3 Å². The van der Waals surface area contributed by atoms with Crippen LogP contribution < -0.4 is 10.6 Å². The van der Waals surface area contributed by atoms with Crippen molar-refractivity contribution >= 4 is 17.3 Å². The average Bonchev–Trinajstić information content (AvgIpc) is 3.10. The molecule has 0 aromatic carbocycles. The van der Waals surface area contributed by atoms with E-state index in [1.807, 2.05) is 17.5 Å². The van der Waals surface area contributed by atoms with Crippen molar-refractivity contribution in [2.45, 2.75) is 33.6 Å². The molecule has 0 aliphatic carbocycles. The number of guanidine groups is 1. The molecule has 1 aliphatic rings. The van der Waals surface area contributed by atoms with Crippen LogP contribution in [0.4, 0.5) is 0 Å². The molecule has 1 fully saturated rings. The topological polar surface area (TPSA) is 55.8 Å². The van der Waals surface area contributed by atoms with Gasteiger partial charge in [0.1, 0.15) is 0 Å². The first-order valence-corrected chi connectivity index (χ1v) is 10.5. The fourth-order valence-corrected chi connectivity index (χ4v) is 3.75. The second-order valence-corrected chi connectivity index (χ2v) is 7.49. The van der Waals surface area contributed by atoms with E-state index in [-0.39, 0.29) is 0 Å². The first-order chi connectivity index (χ1) is 12.2. The SMILES string of the molecule is CCNC(=NCCN1CCN(CC)CC1)NCCc1ncc(CC)s1. The van der Waals surface area contributed by atoms with Gasteiger partial charge in [-0.2, -0.15) is 0 Å². The van der Waals surface area contributed by atoms with Gasteiger partial charge in [0.25, 0.3) is 0 Å². The third-order valence-corrected chi connectivity index (χ3v) is 5.73. The van der Waals surface area contributed by atoms with Crippen molar-refractivity contribution in [2.24, 2.45) is 4.99 Å². The number of likely N-dealkylation sites (N-methyl/N-ethyl adjacent to an activating group) is 1. The van der Waals surface area contributed by atoms with Crippen molar-refractivity contribution in [1.29, 1.82) is 0 Å². The molecule has 0 radical (unpaired) electrons. The van der Waals surface area contributed by atoms with Gasteiger partial charge >= 0.3 is 0 Å². The van der Waals surface area contributed by atoms with Gasteiger partial charge < -0.3 is 15.5 Å². The van der Waals surface area contributed by atoms with Gasteiger partial charge in [0.2, 0.25) is 0 Å². The molecule has 0 saturated carbocycles. The zero-order valence-electron chi connectivity index (χ0n) is 16.1. The fraction of sp³-hybridized carbons (Fsp3) is 0.778. The molecule has 25 heavy (non-hydrogen) atoms. The number of aliphatic imine (C=N–C) groups is 1. The number of aryl methyl sites for hydroxylation is 1. The van der Waals surface area contributed by atoms with Gasteiger partial charge in [-0.25, -0.2) is 4.98 Å². The largest absolute Gasteiger partial charge is 0.357 e. The average molecular weight is 367 g/mol. The van der Waals surface area contributed by atoms with Crippen LogP contribution in [0.25, 0.3) is 0 Å². The summed E-state index contributed by atoms with van der Waals surface area (Å²) in [5, 5.41) is 7.97. The standard InChI is InChI=1S/C18H34N6S/c1-4-16-15-22-17(25-16)7-8-20-18(19-5-2)21-9-10-24-13-11-23(6-3)12-14-24/h15H,4-14H2,1-3H3,(H2,19,20,21). The normalized spacial score (nSPS) is 17.0. The highest BCUT2D eigenvalue weighted by molar-refractivity contribution is 7.11. The number of thiazole rings is 1. The summed E-state index contributed by atoms with van der Waals surface area (Å²) in [6.45, 7) is 16.0. The summed E-state index contributed by atoms with van der Waals surface area (Å²) in [7, 11) is 0. The van der Waals surface area contributed by atoms with Crippen LogP contribution in [0.1, 0.15) is 30.7 Å². The van der Waals surface area contributed by atoms with Gasteiger partial charge in [-0.1, -0.05) is 13.8 Å². The van der Waals surface area contributed by atoms with Crippen molar-refractivity contribution in [3.05, 3.63) is 16.1 Å². The number of hydrogen-bond acceptors (Lipinski definition) is 5. The van der Waals surface area contributed by atoms with E-state index in [1.165, 1.54) is 29.5 Å². The maximum atomic E-state index is 4.72. The first-order valence-electron chi connectivity index (χ1n) is 9.65. The predicted octanol–water partition coefficient (Wildman–Crippen LogP) is 1.44. The molecular weight excluding hydrogens is 332 g/mol. The van der Waals surface area contributed by atoms with Crippen LogP contribution in [-0.2, 0) is 12.8 Å². The Hall–Kier alpha value is -1.18. The van der Waals surface area contributed by atoms with E-state index in [0.29, 0.717) is 0 Å². The Morgan fingerprint density at radius 3 is 2.56 bits per heavy atom. The Labute approximate surface area is 156 Å². The zero-order valence-corrected chi connectivity index (χ0v) is 16.9. The molecule has 0 spiro atoms. The Bertz CT molecular complexity index is 507. The minimum absolute atomic E-state index is 0.846. The molecular formula is C18H34N6S. The highest BCUT2D eigenvalue weighted by Gasteiger charge is 2.14. The molecule has 0 unspecified atom stereocenters. The Morgan fingerprint density at radius 1 is 1.16 bits per heavy atom. The molecule has 2 rings (SSSR count). The van der Waals surface area contributed by atoms with E-state index in [9.17, 15) is 0 Å². The molecule has 6 nitrogen and oxygen atoms in total. The summed E-state index contributed by atoms with van der Waals surface area (Å²) in [6, 6.07) is 0. The molecule has 1 aromatic heterocycles. The quantitative estimate of drug-likeness (QED) is 0.512. The predicted molar refractivity (Wildman–Crippen MR) is 108 cm³/mol. The smallest absolute Gasteiger partial charge is 0.191 e. The Kier molecular flexibility index (Phi) is 9.21. The zero-order chi connectivity index (χ0) is 17.9. The van der Waals surface area contributed by atoms with Crippen LogP contribution in [0.2, 0.25) is 0 Å². The van der Waals surface area contributed by atoms with Gasteiger partial charge in [-0.05, 0) is 19.9 Å². The lowest BCUT2D eigenvalue weighted by Gasteiger charge is -2.33. The first kappa shape index (κ1) is 20.1. The number of rotatable bonds is 9. The molecule has 0 atom stereocenters. The van der Waals surface area contributed by atoms with E-state index in [4.69, 9.17) is 4.99 Å². The number of nitrogens with one attached hydrogen (secondary N) is 2. The second kappa shape index (κ2) is 11.4.